The molecule has 0 saturated carbocycles. The van der Waals surface area contributed by atoms with E-state index in [0.717, 1.165) is 6.08 Å². The standard InChI is InChI=1S/C32H68P.C10H10O4/c1-5-9-13-17-18-19-20-21-22-23-24-28-32-33(29-25-14-10-6-2,30-26-15-11-7-3)31-27-16-12-8-4;11-6-8-5-7(1-3-9(8)12)2-4-10(13)14/h5-32H2,1-4H3;1-5,11-12H,6H2,(H,13,14)/q+1;/p-1/b;4-2+. The van der Waals surface area contributed by atoms with Crippen LogP contribution in [0.4, 0.5) is 0 Å². The second kappa shape index (κ2) is 33.1. The molecule has 2 N–H and O–H groups in total. The van der Waals surface area contributed by atoms with Crippen molar-refractivity contribution in [2.24, 2.45) is 0 Å². The first-order valence-electron chi connectivity index (χ1n) is 20.0. The summed E-state index contributed by atoms with van der Waals surface area (Å²) in [5, 5.41) is 28.2. The molecular weight excluding hydrogens is 599 g/mol. The van der Waals surface area contributed by atoms with Crippen LogP contribution in [0.1, 0.15) is 193 Å². The number of rotatable bonds is 31. The van der Waals surface area contributed by atoms with Crippen LogP contribution in [0, 0.1) is 0 Å². The Morgan fingerprint density at radius 3 is 1.28 bits per heavy atom. The Bertz CT molecular complexity index is 837. The molecule has 4 nitrogen and oxygen atoms in total. The van der Waals surface area contributed by atoms with Gasteiger partial charge in [-0.05, 0) is 68.6 Å². The van der Waals surface area contributed by atoms with E-state index in [9.17, 15) is 9.90 Å². The van der Waals surface area contributed by atoms with Crippen LogP contribution in [0.2, 0.25) is 0 Å². The van der Waals surface area contributed by atoms with E-state index in [1.165, 1.54) is 153 Å². The Kier molecular flexibility index (Phi) is 32.2. The summed E-state index contributed by atoms with van der Waals surface area (Å²) in [6.45, 7) is 9.07. The molecule has 1 aromatic rings. The van der Waals surface area contributed by atoms with Crippen LogP contribution in [0.5, 0.6) is 5.75 Å². The molecule has 1 rings (SSSR count). The first-order chi connectivity index (χ1) is 22.9. The molecule has 1 aromatic carbocycles. The molecule has 0 aliphatic heterocycles. The highest BCUT2D eigenvalue weighted by Gasteiger charge is 2.34. The number of unbranched alkanes of at least 4 members (excludes halogenated alkanes) is 20. The molecule has 0 saturated heterocycles. The van der Waals surface area contributed by atoms with Crippen LogP contribution in [0.15, 0.2) is 24.3 Å². The Balaban J connectivity index is 0.00000125. The van der Waals surface area contributed by atoms with Crippen molar-refractivity contribution >= 4 is 19.3 Å². The molecular formula is C42H77O4P. The van der Waals surface area contributed by atoms with E-state index in [0.29, 0.717) is 5.56 Å². The van der Waals surface area contributed by atoms with Crippen molar-refractivity contribution in [2.45, 2.75) is 188 Å². The second-order valence-electron chi connectivity index (χ2n) is 14.0. The fraction of sp³-hybridized carbons (Fsp3) is 0.786. The largest absolute Gasteiger partial charge is 0.872 e. The zero-order valence-electron chi connectivity index (χ0n) is 31.6. The van der Waals surface area contributed by atoms with E-state index >= 15 is 0 Å². The molecule has 0 aliphatic carbocycles. The summed E-state index contributed by atoms with van der Waals surface area (Å²) >= 11 is 0. The number of carboxylic acid groups (broad SMARTS) is 1. The SMILES string of the molecule is CCCCCCCCCCCCCC[P+](CCCCCC)(CCCCCC)CCCCCC.O=C(O)/C=C/c1ccc([O-])c(CO)c1. The van der Waals surface area contributed by atoms with Gasteiger partial charge in [0.25, 0.3) is 0 Å². The van der Waals surface area contributed by atoms with Gasteiger partial charge in [0, 0.05) is 13.3 Å². The number of carboxylic acids is 1. The molecule has 0 amide bonds. The maximum atomic E-state index is 11.0. The van der Waals surface area contributed by atoms with E-state index < -0.39 is 13.2 Å². The van der Waals surface area contributed by atoms with Gasteiger partial charge in [0.2, 0.25) is 0 Å². The van der Waals surface area contributed by atoms with Crippen LogP contribution in [0.25, 0.3) is 6.08 Å². The molecule has 47 heavy (non-hydrogen) atoms. The fourth-order valence-electron chi connectivity index (χ4n) is 6.58. The quantitative estimate of drug-likeness (QED) is 0.0466. The molecule has 0 fully saturated rings. The van der Waals surface area contributed by atoms with Gasteiger partial charge in [-0.3, -0.25) is 0 Å². The lowest BCUT2D eigenvalue weighted by Crippen LogP contribution is -2.13. The predicted octanol–water partition coefficient (Wildman–Crippen LogP) is 12.8. The topological polar surface area (TPSA) is 80.6 Å². The average Bonchev–Trinajstić information content (AvgIpc) is 3.07. The molecule has 0 bridgehead atoms. The summed E-state index contributed by atoms with van der Waals surface area (Å²) in [5.74, 6) is -1.30. The molecule has 0 heterocycles. The summed E-state index contributed by atoms with van der Waals surface area (Å²) in [7, 11) is -0.697. The summed E-state index contributed by atoms with van der Waals surface area (Å²) in [6, 6.07) is 4.26. The Hall–Kier alpha value is -1.38. The van der Waals surface area contributed by atoms with Gasteiger partial charge < -0.3 is 15.3 Å². The van der Waals surface area contributed by atoms with Crippen molar-refractivity contribution < 1.29 is 20.1 Å². The lowest BCUT2D eigenvalue weighted by molar-refractivity contribution is -0.270. The molecule has 0 unspecified atom stereocenters. The maximum Gasteiger partial charge on any atom is 0.328 e. The number of benzene rings is 1. The molecule has 5 heteroatoms. The number of aliphatic carboxylic acids is 1. The van der Waals surface area contributed by atoms with Crippen LogP contribution in [-0.4, -0.2) is 40.8 Å². The van der Waals surface area contributed by atoms with Crippen molar-refractivity contribution in [3.05, 3.63) is 35.4 Å². The average molecular weight is 677 g/mol. The van der Waals surface area contributed by atoms with Crippen molar-refractivity contribution in [1.29, 1.82) is 0 Å². The predicted molar refractivity (Wildman–Crippen MR) is 208 cm³/mol. The lowest BCUT2D eigenvalue weighted by Gasteiger charge is -2.28. The maximum absolute atomic E-state index is 11.0. The minimum Gasteiger partial charge on any atom is -0.872 e. The number of aliphatic hydroxyl groups excluding tert-OH is 1. The van der Waals surface area contributed by atoms with Gasteiger partial charge in [0.05, 0.1) is 31.3 Å². The molecule has 274 valence electrons. The zero-order chi connectivity index (χ0) is 34.9. The Labute approximate surface area is 293 Å². The summed E-state index contributed by atoms with van der Waals surface area (Å²) in [6.07, 6.45) is 44.4. The molecule has 0 spiro atoms. The molecule has 0 radical (unpaired) electrons. The van der Waals surface area contributed by atoms with Gasteiger partial charge >= 0.3 is 5.97 Å². The van der Waals surface area contributed by atoms with Crippen molar-refractivity contribution in [1.82, 2.24) is 0 Å². The van der Waals surface area contributed by atoms with Crippen molar-refractivity contribution in [3.63, 3.8) is 0 Å². The molecule has 0 aromatic heterocycles. The van der Waals surface area contributed by atoms with Gasteiger partial charge in [-0.2, -0.15) is 0 Å². The lowest BCUT2D eigenvalue weighted by atomic mass is 10.1. The highest BCUT2D eigenvalue weighted by atomic mass is 31.2. The second-order valence-corrected chi connectivity index (χ2v) is 18.5. The fourth-order valence-corrected chi connectivity index (χ4v) is 11.5. The minimum atomic E-state index is -1.05. The van der Waals surface area contributed by atoms with Gasteiger partial charge in [-0.25, -0.2) is 4.79 Å². The number of carbonyl (C=O) groups is 1. The number of aliphatic hydroxyl groups is 1. The minimum absolute atomic E-state index is 0.250. The van der Waals surface area contributed by atoms with Crippen LogP contribution in [0.3, 0.4) is 0 Å². The Morgan fingerprint density at radius 1 is 0.596 bits per heavy atom. The van der Waals surface area contributed by atoms with Crippen LogP contribution < -0.4 is 5.11 Å². The number of hydrogen-bond donors (Lipinski definition) is 2. The molecule has 0 aliphatic rings. The van der Waals surface area contributed by atoms with E-state index in [-0.39, 0.29) is 17.9 Å². The third-order valence-electron chi connectivity index (χ3n) is 9.62. The highest BCUT2D eigenvalue weighted by molar-refractivity contribution is 7.75. The van der Waals surface area contributed by atoms with E-state index in [4.69, 9.17) is 10.2 Å². The summed E-state index contributed by atoms with van der Waals surface area (Å²) < 4.78 is 0. The van der Waals surface area contributed by atoms with Crippen LogP contribution >= 0.6 is 7.26 Å². The zero-order valence-corrected chi connectivity index (χ0v) is 32.4. The first-order valence-corrected chi connectivity index (χ1v) is 22.6. The summed E-state index contributed by atoms with van der Waals surface area (Å²) in [5.41, 5.74) is 0.841. The summed E-state index contributed by atoms with van der Waals surface area (Å²) in [4.78, 5) is 10.2. The third-order valence-corrected chi connectivity index (χ3v) is 14.7. The smallest absolute Gasteiger partial charge is 0.328 e. The Morgan fingerprint density at radius 2 is 0.936 bits per heavy atom. The normalized spacial score (nSPS) is 11.6. The highest BCUT2D eigenvalue weighted by Crippen LogP contribution is 2.61. The monoisotopic (exact) mass is 677 g/mol. The van der Waals surface area contributed by atoms with E-state index in [2.05, 4.69) is 27.7 Å². The van der Waals surface area contributed by atoms with Gasteiger partial charge in [-0.1, -0.05) is 149 Å². The van der Waals surface area contributed by atoms with Gasteiger partial charge in [0.15, 0.2) is 0 Å². The molecule has 0 atom stereocenters. The van der Waals surface area contributed by atoms with Crippen LogP contribution in [-0.2, 0) is 11.4 Å². The van der Waals surface area contributed by atoms with Crippen molar-refractivity contribution in [2.75, 3.05) is 24.6 Å². The third kappa shape index (κ3) is 27.2. The van der Waals surface area contributed by atoms with E-state index in [1.807, 2.05) is 0 Å². The first kappa shape index (κ1) is 45.6. The van der Waals surface area contributed by atoms with E-state index in [1.54, 1.807) is 50.3 Å². The number of hydrogen-bond acceptors (Lipinski definition) is 3. The van der Waals surface area contributed by atoms with Gasteiger partial charge in [-0.15, -0.1) is 5.75 Å². The van der Waals surface area contributed by atoms with Gasteiger partial charge in [0.1, 0.15) is 0 Å². The van der Waals surface area contributed by atoms with Crippen molar-refractivity contribution in [3.8, 4) is 5.75 Å².